The van der Waals surface area contributed by atoms with Gasteiger partial charge in [0.25, 0.3) is 0 Å². The van der Waals surface area contributed by atoms with Crippen LogP contribution < -0.4 is 5.32 Å². The number of rotatable bonds is 1. The first kappa shape index (κ1) is 6.85. The third-order valence-corrected chi connectivity index (χ3v) is 1.20. The van der Waals surface area contributed by atoms with Gasteiger partial charge in [-0.25, -0.2) is 9.59 Å². The highest BCUT2D eigenvalue weighted by Gasteiger charge is 2.25. The van der Waals surface area contributed by atoms with Crippen molar-refractivity contribution in [1.82, 2.24) is 5.32 Å². The summed E-state index contributed by atoms with van der Waals surface area (Å²) in [6, 6.07) is 0. The third-order valence-electron chi connectivity index (χ3n) is 1.20. The van der Waals surface area contributed by atoms with Crippen molar-refractivity contribution < 1.29 is 19.4 Å². The van der Waals surface area contributed by atoms with Crippen molar-refractivity contribution in [2.24, 2.45) is 0 Å². The Kier molecular flexibility index (Phi) is 1.75. The lowest BCUT2D eigenvalue weighted by Crippen LogP contribution is -2.41. The highest BCUT2D eigenvalue weighted by molar-refractivity contribution is 5.78. The summed E-state index contributed by atoms with van der Waals surface area (Å²) in [7, 11) is 0. The van der Waals surface area contributed by atoms with Crippen molar-refractivity contribution in [2.75, 3.05) is 6.54 Å². The minimum atomic E-state index is -1.09. The summed E-state index contributed by atoms with van der Waals surface area (Å²) in [4.78, 5) is 20.6. The fraction of sp³-hybridized carbons (Fsp3) is 0.600. The molecule has 56 valence electrons. The van der Waals surface area contributed by atoms with Crippen LogP contribution in [-0.2, 0) is 9.53 Å². The molecule has 0 radical (unpaired) electrons. The number of carbonyl (C=O) groups excluding carboxylic acids is 1. The van der Waals surface area contributed by atoms with E-state index < -0.39 is 18.2 Å². The molecule has 0 aromatic rings. The summed E-state index contributed by atoms with van der Waals surface area (Å²) < 4.78 is 4.40. The fourth-order valence-corrected chi connectivity index (χ4v) is 0.709. The van der Waals surface area contributed by atoms with Crippen molar-refractivity contribution in [3.63, 3.8) is 0 Å². The summed E-state index contributed by atoms with van der Waals surface area (Å²) in [6.45, 7) is 0.371. The van der Waals surface area contributed by atoms with E-state index in [-0.39, 0.29) is 0 Å². The van der Waals surface area contributed by atoms with Gasteiger partial charge in [-0.15, -0.1) is 0 Å². The predicted molar refractivity (Wildman–Crippen MR) is 30.5 cm³/mol. The smallest absolute Gasteiger partial charge is 0.407 e. The van der Waals surface area contributed by atoms with Gasteiger partial charge in [0.2, 0.25) is 6.10 Å². The molecule has 1 fully saturated rings. The second-order valence-electron chi connectivity index (χ2n) is 1.95. The molecule has 10 heavy (non-hydrogen) atoms. The van der Waals surface area contributed by atoms with Gasteiger partial charge in [-0.3, -0.25) is 0 Å². The molecule has 1 aliphatic heterocycles. The number of hydrogen-bond donors (Lipinski definition) is 2. The first-order valence-corrected chi connectivity index (χ1v) is 2.87. The van der Waals surface area contributed by atoms with Gasteiger partial charge < -0.3 is 15.2 Å². The number of ether oxygens (including phenoxy) is 1. The van der Waals surface area contributed by atoms with Crippen LogP contribution in [0, 0.1) is 0 Å². The average molecular weight is 145 g/mol. The van der Waals surface area contributed by atoms with Crippen LogP contribution in [0.2, 0.25) is 0 Å². The molecule has 0 unspecified atom stereocenters. The van der Waals surface area contributed by atoms with Gasteiger partial charge in [0.15, 0.2) is 0 Å². The van der Waals surface area contributed by atoms with Crippen LogP contribution in [0.1, 0.15) is 6.42 Å². The monoisotopic (exact) mass is 145 g/mol. The zero-order valence-corrected chi connectivity index (χ0v) is 5.16. The summed E-state index contributed by atoms with van der Waals surface area (Å²) in [5.41, 5.74) is 0. The number of cyclic esters (lactones) is 1. The van der Waals surface area contributed by atoms with E-state index in [4.69, 9.17) is 5.11 Å². The van der Waals surface area contributed by atoms with E-state index in [1.54, 1.807) is 0 Å². The molecule has 0 aromatic carbocycles. The zero-order chi connectivity index (χ0) is 7.56. The Labute approximate surface area is 57.0 Å². The SMILES string of the molecule is O=C1NCC[C@@H](C(=O)O)O1. The maximum absolute atomic E-state index is 10.4. The normalized spacial score (nSPS) is 24.8. The van der Waals surface area contributed by atoms with Gasteiger partial charge in [0.05, 0.1) is 0 Å². The summed E-state index contributed by atoms with van der Waals surface area (Å²) in [5.74, 6) is -1.09. The second-order valence-corrected chi connectivity index (χ2v) is 1.95. The van der Waals surface area contributed by atoms with Gasteiger partial charge in [-0.05, 0) is 0 Å². The first-order valence-electron chi connectivity index (χ1n) is 2.87. The predicted octanol–water partition coefficient (Wildman–Crippen LogP) is -0.431. The summed E-state index contributed by atoms with van der Waals surface area (Å²) >= 11 is 0. The van der Waals surface area contributed by atoms with E-state index in [0.717, 1.165) is 0 Å². The molecule has 1 rings (SSSR count). The Morgan fingerprint density at radius 1 is 1.80 bits per heavy atom. The molecule has 0 bridgehead atoms. The second kappa shape index (κ2) is 2.55. The summed E-state index contributed by atoms with van der Waals surface area (Å²) in [5, 5.41) is 10.7. The Morgan fingerprint density at radius 3 is 2.90 bits per heavy atom. The van der Waals surface area contributed by atoms with Crippen LogP contribution in [0.5, 0.6) is 0 Å². The van der Waals surface area contributed by atoms with Gasteiger partial charge in [-0.1, -0.05) is 0 Å². The van der Waals surface area contributed by atoms with Crippen LogP contribution in [0.3, 0.4) is 0 Å². The lowest BCUT2D eigenvalue weighted by molar-refractivity contribution is -0.147. The Morgan fingerprint density at radius 2 is 2.50 bits per heavy atom. The number of aliphatic carboxylic acids is 1. The van der Waals surface area contributed by atoms with Crippen LogP contribution in [-0.4, -0.2) is 29.8 Å². The van der Waals surface area contributed by atoms with Crippen molar-refractivity contribution >= 4 is 12.1 Å². The van der Waals surface area contributed by atoms with Crippen molar-refractivity contribution in [3.8, 4) is 0 Å². The molecule has 2 N–H and O–H groups in total. The van der Waals surface area contributed by atoms with Crippen molar-refractivity contribution in [1.29, 1.82) is 0 Å². The molecule has 1 amide bonds. The Balaban J connectivity index is 2.47. The molecule has 1 saturated heterocycles. The van der Waals surface area contributed by atoms with Crippen LogP contribution in [0.25, 0.3) is 0 Å². The maximum atomic E-state index is 10.4. The number of hydrogen-bond acceptors (Lipinski definition) is 3. The van der Waals surface area contributed by atoms with E-state index in [1.165, 1.54) is 0 Å². The standard InChI is InChI=1S/C5H7NO4/c7-4(8)3-1-2-6-5(9)10-3/h3H,1-2H2,(H,6,9)(H,7,8)/t3-/m0/s1. The molecule has 0 aromatic heterocycles. The van der Waals surface area contributed by atoms with E-state index in [2.05, 4.69) is 10.1 Å². The summed E-state index contributed by atoms with van der Waals surface area (Å²) in [6.07, 6.45) is -1.28. The zero-order valence-electron chi connectivity index (χ0n) is 5.16. The van der Waals surface area contributed by atoms with Crippen LogP contribution in [0.15, 0.2) is 0 Å². The minimum Gasteiger partial charge on any atom is -0.479 e. The quantitative estimate of drug-likeness (QED) is 0.525. The van der Waals surface area contributed by atoms with Gasteiger partial charge in [-0.2, -0.15) is 0 Å². The highest BCUT2D eigenvalue weighted by Crippen LogP contribution is 2.02. The molecule has 0 spiro atoms. The van der Waals surface area contributed by atoms with Gasteiger partial charge in [0.1, 0.15) is 0 Å². The number of carbonyl (C=O) groups is 2. The molecular weight excluding hydrogens is 138 g/mol. The fourth-order valence-electron chi connectivity index (χ4n) is 0.709. The highest BCUT2D eigenvalue weighted by atomic mass is 16.6. The average Bonchev–Trinajstić information content (AvgIpc) is 1.88. The molecule has 1 aliphatic rings. The lowest BCUT2D eigenvalue weighted by Gasteiger charge is -2.18. The Bertz CT molecular complexity index is 165. The van der Waals surface area contributed by atoms with E-state index >= 15 is 0 Å². The number of nitrogens with one attached hydrogen (secondary N) is 1. The van der Waals surface area contributed by atoms with Crippen LogP contribution in [0.4, 0.5) is 4.79 Å². The number of amides is 1. The molecular formula is C5H7NO4. The largest absolute Gasteiger partial charge is 0.479 e. The lowest BCUT2D eigenvalue weighted by atomic mass is 10.2. The molecule has 5 heteroatoms. The van der Waals surface area contributed by atoms with Crippen molar-refractivity contribution in [2.45, 2.75) is 12.5 Å². The van der Waals surface area contributed by atoms with E-state index in [9.17, 15) is 9.59 Å². The molecule has 0 saturated carbocycles. The number of carboxylic acids is 1. The number of carboxylic acid groups (broad SMARTS) is 1. The third kappa shape index (κ3) is 1.37. The van der Waals surface area contributed by atoms with Crippen LogP contribution >= 0.6 is 0 Å². The van der Waals surface area contributed by atoms with E-state index in [0.29, 0.717) is 13.0 Å². The van der Waals surface area contributed by atoms with Gasteiger partial charge in [0, 0.05) is 13.0 Å². The topological polar surface area (TPSA) is 75.6 Å². The molecule has 1 atom stereocenters. The molecule has 1 heterocycles. The Hall–Kier alpha value is -1.26. The molecule has 0 aliphatic carbocycles. The number of alkyl carbamates (subject to hydrolysis) is 1. The molecule has 5 nitrogen and oxygen atoms in total. The van der Waals surface area contributed by atoms with Crippen molar-refractivity contribution in [3.05, 3.63) is 0 Å². The first-order chi connectivity index (χ1) is 4.70. The minimum absolute atomic E-state index is 0.334. The van der Waals surface area contributed by atoms with E-state index in [1.807, 2.05) is 0 Å². The maximum Gasteiger partial charge on any atom is 0.407 e. The van der Waals surface area contributed by atoms with Gasteiger partial charge >= 0.3 is 12.1 Å².